The van der Waals surface area contributed by atoms with Crippen LogP contribution in [0.1, 0.15) is 34.5 Å². The maximum Gasteiger partial charge on any atom is 0.419 e. The number of carbonyl (C=O) groups excluding carboxylic acids is 2. The van der Waals surface area contributed by atoms with Crippen molar-refractivity contribution in [3.63, 3.8) is 0 Å². The fraction of sp³-hybridized carbons (Fsp3) is 0.227. The van der Waals surface area contributed by atoms with E-state index in [0.29, 0.717) is 6.07 Å². The maximum absolute atomic E-state index is 14.6. The molecule has 2 aromatic rings. The van der Waals surface area contributed by atoms with Gasteiger partial charge in [-0.1, -0.05) is 5.92 Å². The standard InChI is InChI=1S/C22H15F4N5O2S/c1-2-7-28-20(33)15-6-5-13(10-17(15)23)30-8-3-4-19(32)31(21(30)34)14-9-16(22(24,25)26)18(11-27)29-12-14/h1,5-6,9-10,12H,3-4,7-8H2,(H,28,33). The topological polar surface area (TPSA) is 89.3 Å². The molecule has 0 atom stereocenters. The second kappa shape index (κ2) is 9.85. The van der Waals surface area contributed by atoms with Crippen molar-refractivity contribution in [3.05, 3.63) is 53.1 Å². The van der Waals surface area contributed by atoms with Gasteiger partial charge in [-0.3, -0.25) is 14.5 Å². The van der Waals surface area contributed by atoms with Gasteiger partial charge in [0, 0.05) is 18.7 Å². The molecule has 0 unspecified atom stereocenters. The summed E-state index contributed by atoms with van der Waals surface area (Å²) in [7, 11) is 0. The van der Waals surface area contributed by atoms with E-state index in [1.54, 1.807) is 0 Å². The van der Waals surface area contributed by atoms with E-state index < -0.39 is 35.1 Å². The van der Waals surface area contributed by atoms with Crippen molar-refractivity contribution in [2.45, 2.75) is 19.0 Å². The van der Waals surface area contributed by atoms with Gasteiger partial charge in [-0.15, -0.1) is 6.42 Å². The Morgan fingerprint density at radius 2 is 2.03 bits per heavy atom. The zero-order valence-corrected chi connectivity index (χ0v) is 18.1. The van der Waals surface area contributed by atoms with E-state index in [4.69, 9.17) is 23.9 Å². The Bertz CT molecular complexity index is 1250. The van der Waals surface area contributed by atoms with Gasteiger partial charge in [0.1, 0.15) is 11.9 Å². The van der Waals surface area contributed by atoms with E-state index in [2.05, 4.69) is 16.2 Å². The van der Waals surface area contributed by atoms with Gasteiger partial charge >= 0.3 is 6.18 Å². The number of halogens is 4. The molecule has 3 rings (SSSR count). The third-order valence-electron chi connectivity index (χ3n) is 4.85. The van der Waals surface area contributed by atoms with Crippen LogP contribution in [0.25, 0.3) is 0 Å². The predicted molar refractivity (Wildman–Crippen MR) is 118 cm³/mol. The number of terminal acetylenes is 1. The van der Waals surface area contributed by atoms with Crippen LogP contribution in [0.2, 0.25) is 0 Å². The molecule has 1 N–H and O–H groups in total. The first-order valence-corrected chi connectivity index (χ1v) is 10.1. The molecular formula is C22H15F4N5O2S. The summed E-state index contributed by atoms with van der Waals surface area (Å²) in [5.74, 6) is 0.0127. The van der Waals surface area contributed by atoms with Crippen LogP contribution < -0.4 is 15.1 Å². The van der Waals surface area contributed by atoms with Crippen LogP contribution in [0.3, 0.4) is 0 Å². The molecular weight excluding hydrogens is 474 g/mol. The smallest absolute Gasteiger partial charge is 0.341 e. The number of hydrogen-bond acceptors (Lipinski definition) is 5. The van der Waals surface area contributed by atoms with Crippen LogP contribution in [-0.4, -0.2) is 35.0 Å². The highest BCUT2D eigenvalue weighted by Gasteiger charge is 2.37. The zero-order valence-electron chi connectivity index (χ0n) is 17.3. The van der Waals surface area contributed by atoms with E-state index in [1.807, 2.05) is 0 Å². The molecule has 2 heterocycles. The third kappa shape index (κ3) is 4.97. The molecule has 1 saturated heterocycles. The number of nitrogens with one attached hydrogen (secondary N) is 1. The number of pyridine rings is 1. The van der Waals surface area contributed by atoms with Gasteiger partial charge in [-0.2, -0.15) is 18.4 Å². The summed E-state index contributed by atoms with van der Waals surface area (Å²) in [4.78, 5) is 30.5. The van der Waals surface area contributed by atoms with Crippen LogP contribution in [0.15, 0.2) is 30.5 Å². The van der Waals surface area contributed by atoms with Gasteiger partial charge in [-0.05, 0) is 42.9 Å². The molecule has 1 aliphatic rings. The largest absolute Gasteiger partial charge is 0.419 e. The van der Waals surface area contributed by atoms with Crippen molar-refractivity contribution >= 4 is 40.5 Å². The molecule has 1 aromatic carbocycles. The number of amides is 2. The Morgan fingerprint density at radius 3 is 2.65 bits per heavy atom. The van der Waals surface area contributed by atoms with Crippen LogP contribution in [0.5, 0.6) is 0 Å². The number of hydrogen-bond donors (Lipinski definition) is 1. The van der Waals surface area contributed by atoms with Gasteiger partial charge < -0.3 is 10.2 Å². The number of anilines is 2. The van der Waals surface area contributed by atoms with Crippen molar-refractivity contribution in [1.82, 2.24) is 10.3 Å². The average molecular weight is 489 g/mol. The molecule has 34 heavy (non-hydrogen) atoms. The summed E-state index contributed by atoms with van der Waals surface area (Å²) < 4.78 is 54.8. The van der Waals surface area contributed by atoms with E-state index in [1.165, 1.54) is 23.1 Å². The number of rotatable bonds is 4. The molecule has 0 bridgehead atoms. The van der Waals surface area contributed by atoms with Crippen molar-refractivity contribution in [2.24, 2.45) is 0 Å². The first kappa shape index (κ1) is 24.6. The zero-order chi connectivity index (χ0) is 25.0. The van der Waals surface area contributed by atoms with Crippen molar-refractivity contribution < 1.29 is 27.2 Å². The first-order valence-electron chi connectivity index (χ1n) is 9.71. The molecule has 0 radical (unpaired) electrons. The molecule has 174 valence electrons. The van der Waals surface area contributed by atoms with Crippen molar-refractivity contribution in [2.75, 3.05) is 22.9 Å². The first-order chi connectivity index (χ1) is 16.1. The molecule has 0 aliphatic carbocycles. The second-order valence-electron chi connectivity index (χ2n) is 7.02. The lowest BCUT2D eigenvalue weighted by atomic mass is 10.1. The van der Waals surface area contributed by atoms with Gasteiger partial charge in [-0.25, -0.2) is 9.37 Å². The molecule has 0 saturated carbocycles. The Labute approximate surface area is 197 Å². The molecule has 1 fully saturated rings. The number of thiocarbonyl (C=S) groups is 1. The molecule has 1 aliphatic heterocycles. The van der Waals surface area contributed by atoms with E-state index in [9.17, 15) is 27.2 Å². The molecule has 2 amide bonds. The number of alkyl halides is 3. The van der Waals surface area contributed by atoms with E-state index in [-0.39, 0.29) is 48.0 Å². The van der Waals surface area contributed by atoms with Gasteiger partial charge in [0.15, 0.2) is 10.8 Å². The lowest BCUT2D eigenvalue weighted by Crippen LogP contribution is -2.44. The SMILES string of the molecule is C#CCNC(=O)c1ccc(N2CCCC(=O)N(c3cnc(C#N)c(C(F)(F)F)c3)C2=S)cc1F. The van der Waals surface area contributed by atoms with Crippen LogP contribution >= 0.6 is 12.2 Å². The monoisotopic (exact) mass is 489 g/mol. The Kier molecular flexibility index (Phi) is 7.13. The van der Waals surface area contributed by atoms with Gasteiger partial charge in [0.25, 0.3) is 5.91 Å². The second-order valence-corrected chi connectivity index (χ2v) is 7.38. The normalized spacial score (nSPS) is 14.3. The lowest BCUT2D eigenvalue weighted by molar-refractivity contribution is -0.138. The molecule has 1 aromatic heterocycles. The molecule has 12 heteroatoms. The Hall–Kier alpha value is -4.03. The minimum Gasteiger partial charge on any atom is -0.341 e. The fourth-order valence-corrected chi connectivity index (χ4v) is 3.68. The van der Waals surface area contributed by atoms with Crippen LogP contribution in [0, 0.1) is 29.5 Å². The number of aromatic nitrogens is 1. The highest BCUT2D eigenvalue weighted by Crippen LogP contribution is 2.34. The van der Waals surface area contributed by atoms with E-state index in [0.717, 1.165) is 17.2 Å². The highest BCUT2D eigenvalue weighted by atomic mass is 32.1. The minimum absolute atomic E-state index is 0.0486. The third-order valence-corrected chi connectivity index (χ3v) is 5.25. The fourth-order valence-electron chi connectivity index (χ4n) is 3.28. The number of nitriles is 1. The van der Waals surface area contributed by atoms with Gasteiger partial charge in [0.2, 0.25) is 5.91 Å². The average Bonchev–Trinajstić information content (AvgIpc) is 2.93. The molecule has 7 nitrogen and oxygen atoms in total. The summed E-state index contributed by atoms with van der Waals surface area (Å²) in [6.07, 6.45) is 1.36. The summed E-state index contributed by atoms with van der Waals surface area (Å²) in [6, 6.07) is 5.63. The summed E-state index contributed by atoms with van der Waals surface area (Å²) in [5.41, 5.74) is -2.51. The summed E-state index contributed by atoms with van der Waals surface area (Å²) in [5, 5.41) is 11.1. The lowest BCUT2D eigenvalue weighted by Gasteiger charge is -2.30. The molecule has 0 spiro atoms. The van der Waals surface area contributed by atoms with Crippen LogP contribution in [-0.2, 0) is 11.0 Å². The summed E-state index contributed by atoms with van der Waals surface area (Å²) in [6.45, 7) is 0.0742. The summed E-state index contributed by atoms with van der Waals surface area (Å²) >= 11 is 5.39. The number of carbonyl (C=O) groups is 2. The minimum atomic E-state index is -4.89. The van der Waals surface area contributed by atoms with Crippen molar-refractivity contribution in [3.8, 4) is 18.4 Å². The van der Waals surface area contributed by atoms with Gasteiger partial charge in [0.05, 0.1) is 29.6 Å². The predicted octanol–water partition coefficient (Wildman–Crippen LogP) is 3.39. The Balaban J connectivity index is 1.99. The van der Waals surface area contributed by atoms with Crippen LogP contribution in [0.4, 0.5) is 28.9 Å². The van der Waals surface area contributed by atoms with E-state index >= 15 is 0 Å². The Morgan fingerprint density at radius 1 is 1.29 bits per heavy atom. The number of nitrogens with zero attached hydrogens (tertiary/aromatic N) is 4. The maximum atomic E-state index is 14.6. The quantitative estimate of drug-likeness (QED) is 0.403. The highest BCUT2D eigenvalue weighted by molar-refractivity contribution is 7.81. The van der Waals surface area contributed by atoms with Crippen molar-refractivity contribution in [1.29, 1.82) is 5.26 Å². The number of benzene rings is 1.